The summed E-state index contributed by atoms with van der Waals surface area (Å²) in [4.78, 5) is 13.0. The largest absolute Gasteiger partial charge is 0.424 e. The smallest absolute Gasteiger partial charge is 0.321 e. The number of ether oxygens (including phenoxy) is 1. The van der Waals surface area contributed by atoms with E-state index in [2.05, 4.69) is 50.1 Å². The number of β-amino-alcohol motifs (C(OH)–C–C–N with tert-alkyl or cyclic N) is 1. The molecular weight excluding hydrogens is 376 g/mol. The Morgan fingerprint density at radius 3 is 2.67 bits per heavy atom. The molecule has 0 radical (unpaired) electrons. The average molecular weight is 402 g/mol. The van der Waals surface area contributed by atoms with Crippen molar-refractivity contribution < 1.29 is 9.84 Å². The minimum Gasteiger partial charge on any atom is -0.424 e. The summed E-state index contributed by atoms with van der Waals surface area (Å²) < 4.78 is 5.76. The number of aromatic nitrogens is 2. The monoisotopic (exact) mass is 402 g/mol. The molecule has 30 heavy (non-hydrogen) atoms. The van der Waals surface area contributed by atoms with Crippen molar-refractivity contribution in [2.24, 2.45) is 0 Å². The molecule has 5 rings (SSSR count). The van der Waals surface area contributed by atoms with Crippen molar-refractivity contribution in [3.63, 3.8) is 0 Å². The van der Waals surface area contributed by atoms with Crippen LogP contribution in [0.15, 0.2) is 67.0 Å². The number of fused-ring (bicyclic) bond motifs is 1. The van der Waals surface area contributed by atoms with E-state index in [1.807, 2.05) is 18.2 Å². The van der Waals surface area contributed by atoms with Crippen LogP contribution in [-0.2, 0) is 19.5 Å². The number of likely N-dealkylation sites (tertiary alicyclic amines) is 1. The zero-order valence-corrected chi connectivity index (χ0v) is 16.9. The Bertz CT molecular complexity index is 997. The van der Waals surface area contributed by atoms with Gasteiger partial charge in [-0.25, -0.2) is 9.97 Å². The molecule has 2 atom stereocenters. The summed E-state index contributed by atoms with van der Waals surface area (Å²) in [7, 11) is 0. The third-order valence-corrected chi connectivity index (χ3v) is 6.02. The number of aliphatic hydroxyl groups is 1. The molecule has 2 aliphatic heterocycles. The Kier molecular flexibility index (Phi) is 5.45. The van der Waals surface area contributed by atoms with Crippen LogP contribution < -0.4 is 4.74 Å². The maximum Gasteiger partial charge on any atom is 0.321 e. The molecule has 1 aromatic heterocycles. The Hall–Kier alpha value is -2.80. The molecule has 0 saturated carbocycles. The van der Waals surface area contributed by atoms with E-state index in [1.165, 1.54) is 11.1 Å². The Morgan fingerprint density at radius 1 is 0.967 bits per heavy atom. The van der Waals surface area contributed by atoms with Crippen LogP contribution in [0.2, 0.25) is 0 Å². The summed E-state index contributed by atoms with van der Waals surface area (Å²) in [5.74, 6) is 0.725. The lowest BCUT2D eigenvalue weighted by Crippen LogP contribution is -2.45. The highest BCUT2D eigenvalue weighted by Gasteiger charge is 2.36. The van der Waals surface area contributed by atoms with Gasteiger partial charge in [-0.05, 0) is 41.3 Å². The first-order valence-electron chi connectivity index (χ1n) is 10.5. The van der Waals surface area contributed by atoms with E-state index >= 15 is 0 Å². The number of aliphatic hydroxyl groups excluding tert-OH is 1. The van der Waals surface area contributed by atoms with Crippen LogP contribution >= 0.6 is 0 Å². The molecule has 1 fully saturated rings. The third-order valence-electron chi connectivity index (χ3n) is 6.02. The molecular formula is C24H26N4O2. The molecule has 2 aromatic carbocycles. The summed E-state index contributed by atoms with van der Waals surface area (Å²) in [6.45, 7) is 4.27. The van der Waals surface area contributed by atoms with Crippen LogP contribution in [0.1, 0.15) is 16.7 Å². The second-order valence-corrected chi connectivity index (χ2v) is 8.10. The third kappa shape index (κ3) is 4.21. The highest BCUT2D eigenvalue weighted by Crippen LogP contribution is 2.26. The minimum atomic E-state index is -0.326. The van der Waals surface area contributed by atoms with Gasteiger partial charge in [0.05, 0.1) is 6.10 Å². The molecule has 0 unspecified atom stereocenters. The predicted molar refractivity (Wildman–Crippen MR) is 114 cm³/mol. The lowest BCUT2D eigenvalue weighted by Gasteiger charge is -2.34. The normalized spacial score (nSPS) is 22.0. The number of nitrogens with zero attached hydrogens (tertiary/aromatic N) is 4. The number of benzene rings is 2. The van der Waals surface area contributed by atoms with E-state index in [1.54, 1.807) is 18.5 Å². The standard InChI is InChI=1S/C24H26N4O2/c29-23-17-27(16-22(23)28-12-9-19-6-1-2-7-20(19)15-28)14-18-5-3-8-21(13-18)30-24-25-10-4-11-26-24/h1-8,10-11,13,22-23,29H,9,12,14-17H2/t22-,23-/m0/s1. The zero-order valence-electron chi connectivity index (χ0n) is 16.9. The van der Waals surface area contributed by atoms with Crippen LogP contribution in [0.4, 0.5) is 0 Å². The molecule has 6 heteroatoms. The van der Waals surface area contributed by atoms with Crippen molar-refractivity contribution in [2.45, 2.75) is 31.7 Å². The first kappa shape index (κ1) is 19.2. The molecule has 1 N–H and O–H groups in total. The van der Waals surface area contributed by atoms with E-state index in [9.17, 15) is 5.11 Å². The van der Waals surface area contributed by atoms with E-state index in [0.29, 0.717) is 12.6 Å². The molecule has 2 aliphatic rings. The quantitative estimate of drug-likeness (QED) is 0.708. The van der Waals surface area contributed by atoms with Gasteiger partial charge in [-0.1, -0.05) is 36.4 Å². The molecule has 3 aromatic rings. The highest BCUT2D eigenvalue weighted by atomic mass is 16.5. The van der Waals surface area contributed by atoms with Crippen LogP contribution in [0.3, 0.4) is 0 Å². The fourth-order valence-corrected chi connectivity index (χ4v) is 4.54. The number of hydrogen-bond acceptors (Lipinski definition) is 6. The fraction of sp³-hybridized carbons (Fsp3) is 0.333. The Labute approximate surface area is 176 Å². The van der Waals surface area contributed by atoms with Gasteiger partial charge in [0, 0.05) is 51.2 Å². The lowest BCUT2D eigenvalue weighted by atomic mass is 9.98. The van der Waals surface area contributed by atoms with Crippen molar-refractivity contribution in [2.75, 3.05) is 19.6 Å². The van der Waals surface area contributed by atoms with Crippen molar-refractivity contribution >= 4 is 0 Å². The van der Waals surface area contributed by atoms with Gasteiger partial charge in [0.25, 0.3) is 0 Å². The van der Waals surface area contributed by atoms with E-state index < -0.39 is 0 Å². The SMILES string of the molecule is O[C@H]1CN(Cc2cccc(Oc3ncccn3)c2)C[C@@H]1N1CCc2ccccc2C1. The topological polar surface area (TPSA) is 61.7 Å². The fourth-order valence-electron chi connectivity index (χ4n) is 4.54. The minimum absolute atomic E-state index is 0.176. The van der Waals surface area contributed by atoms with Crippen molar-refractivity contribution in [1.82, 2.24) is 19.8 Å². The predicted octanol–water partition coefficient (Wildman–Crippen LogP) is 2.87. The van der Waals surface area contributed by atoms with Gasteiger partial charge in [-0.2, -0.15) is 0 Å². The lowest BCUT2D eigenvalue weighted by molar-refractivity contribution is 0.0746. The van der Waals surface area contributed by atoms with Crippen molar-refractivity contribution in [1.29, 1.82) is 0 Å². The first-order valence-corrected chi connectivity index (χ1v) is 10.5. The maximum atomic E-state index is 10.8. The van der Waals surface area contributed by atoms with Gasteiger partial charge >= 0.3 is 6.01 Å². The molecule has 0 aliphatic carbocycles. The van der Waals surface area contributed by atoms with Crippen LogP contribution in [0.5, 0.6) is 11.8 Å². The van der Waals surface area contributed by atoms with Crippen molar-refractivity contribution in [3.8, 4) is 11.8 Å². The summed E-state index contributed by atoms with van der Waals surface area (Å²) in [5, 5.41) is 10.8. The summed E-state index contributed by atoms with van der Waals surface area (Å²) in [6, 6.07) is 18.9. The van der Waals surface area contributed by atoms with E-state index in [0.717, 1.165) is 43.9 Å². The van der Waals surface area contributed by atoms with E-state index in [4.69, 9.17) is 4.74 Å². The Morgan fingerprint density at radius 2 is 1.80 bits per heavy atom. The van der Waals surface area contributed by atoms with Crippen LogP contribution in [-0.4, -0.2) is 56.7 Å². The van der Waals surface area contributed by atoms with Gasteiger partial charge in [-0.15, -0.1) is 0 Å². The van der Waals surface area contributed by atoms with Gasteiger partial charge in [0.15, 0.2) is 0 Å². The average Bonchev–Trinajstić information content (AvgIpc) is 3.14. The Balaban J connectivity index is 1.22. The van der Waals surface area contributed by atoms with Gasteiger partial charge in [0.2, 0.25) is 0 Å². The summed E-state index contributed by atoms with van der Waals surface area (Å²) >= 11 is 0. The van der Waals surface area contributed by atoms with Crippen LogP contribution in [0.25, 0.3) is 0 Å². The molecule has 6 nitrogen and oxygen atoms in total. The summed E-state index contributed by atoms with van der Waals surface area (Å²) in [6.07, 6.45) is 4.06. The van der Waals surface area contributed by atoms with Crippen LogP contribution in [0, 0.1) is 0 Å². The molecule has 154 valence electrons. The number of rotatable bonds is 5. The molecule has 0 amide bonds. The highest BCUT2D eigenvalue weighted by molar-refractivity contribution is 5.31. The maximum absolute atomic E-state index is 10.8. The molecule has 0 bridgehead atoms. The summed E-state index contributed by atoms with van der Waals surface area (Å²) in [5.41, 5.74) is 3.99. The second-order valence-electron chi connectivity index (χ2n) is 8.10. The van der Waals surface area contributed by atoms with Crippen molar-refractivity contribution in [3.05, 3.63) is 83.7 Å². The molecule has 1 saturated heterocycles. The van der Waals surface area contributed by atoms with Gasteiger partial charge in [-0.3, -0.25) is 9.80 Å². The second kappa shape index (κ2) is 8.52. The van der Waals surface area contributed by atoms with Gasteiger partial charge in [0.1, 0.15) is 5.75 Å². The van der Waals surface area contributed by atoms with E-state index in [-0.39, 0.29) is 12.1 Å². The molecule has 0 spiro atoms. The first-order chi connectivity index (χ1) is 14.7. The number of hydrogen-bond donors (Lipinski definition) is 1. The molecule has 3 heterocycles. The van der Waals surface area contributed by atoms with Gasteiger partial charge < -0.3 is 9.84 Å². The zero-order chi connectivity index (χ0) is 20.3.